The smallest absolute Gasteiger partial charge is 0.269 e. The topological polar surface area (TPSA) is 66.6 Å². The molecule has 0 saturated carbocycles. The molecule has 2 rings (SSSR count). The third-order valence-corrected chi connectivity index (χ3v) is 3.67. The van der Waals surface area contributed by atoms with Crippen LogP contribution in [0.25, 0.3) is 5.65 Å². The maximum atomic E-state index is 12.3. The van der Waals surface area contributed by atoms with Crippen LogP contribution < -0.4 is 5.32 Å². The Morgan fingerprint density at radius 3 is 2.95 bits per heavy atom. The number of fused-ring (bicyclic) bond motifs is 1. The number of rotatable bonds is 7. The number of aliphatic hydroxyl groups is 1. The lowest BCUT2D eigenvalue weighted by molar-refractivity contribution is 0.0937. The molecule has 0 bridgehead atoms. The van der Waals surface area contributed by atoms with Crippen LogP contribution in [0, 0.1) is 12.8 Å². The molecule has 2 aromatic heterocycles. The van der Waals surface area contributed by atoms with Gasteiger partial charge in [-0.2, -0.15) is 0 Å². The number of hydrogen-bond donors (Lipinski definition) is 2. The van der Waals surface area contributed by atoms with Crippen LogP contribution in [0.15, 0.2) is 24.5 Å². The van der Waals surface area contributed by atoms with Crippen molar-refractivity contribution >= 4 is 11.6 Å². The van der Waals surface area contributed by atoms with Gasteiger partial charge >= 0.3 is 0 Å². The molecule has 0 spiro atoms. The molecule has 0 fully saturated rings. The second kappa shape index (κ2) is 7.22. The summed E-state index contributed by atoms with van der Waals surface area (Å²) < 4.78 is 1.81. The maximum Gasteiger partial charge on any atom is 0.269 e. The third-order valence-electron chi connectivity index (χ3n) is 3.67. The van der Waals surface area contributed by atoms with Gasteiger partial charge in [0, 0.05) is 19.3 Å². The Morgan fingerprint density at radius 2 is 2.24 bits per heavy atom. The van der Waals surface area contributed by atoms with E-state index in [1.165, 1.54) is 0 Å². The Balaban J connectivity index is 2.06. The molecule has 0 aromatic carbocycles. The van der Waals surface area contributed by atoms with Gasteiger partial charge in [-0.15, -0.1) is 0 Å². The fraction of sp³-hybridized carbons (Fsp3) is 0.500. The number of nitrogens with zero attached hydrogens (tertiary/aromatic N) is 2. The Labute approximate surface area is 125 Å². The molecule has 5 heteroatoms. The number of hydrogen-bond acceptors (Lipinski definition) is 3. The number of imidazole rings is 1. The minimum atomic E-state index is -0.118. The van der Waals surface area contributed by atoms with Crippen molar-refractivity contribution in [2.75, 3.05) is 13.2 Å². The highest BCUT2D eigenvalue weighted by molar-refractivity contribution is 5.93. The first-order chi connectivity index (χ1) is 10.2. The van der Waals surface area contributed by atoms with Crippen LogP contribution in [0.2, 0.25) is 0 Å². The molecule has 2 aromatic rings. The van der Waals surface area contributed by atoms with Gasteiger partial charge in [0.25, 0.3) is 5.91 Å². The number of aryl methyl sites for hydroxylation is 1. The van der Waals surface area contributed by atoms with E-state index in [1.54, 1.807) is 6.20 Å². The molecular formula is C16H23N3O2. The summed E-state index contributed by atoms with van der Waals surface area (Å²) in [5.74, 6) is 0.206. The molecule has 2 N–H and O–H groups in total. The molecule has 1 unspecified atom stereocenters. The summed E-state index contributed by atoms with van der Waals surface area (Å²) in [7, 11) is 0. The van der Waals surface area contributed by atoms with Gasteiger partial charge < -0.3 is 10.4 Å². The Bertz CT molecular complexity index is 601. The fourth-order valence-corrected chi connectivity index (χ4v) is 2.52. The van der Waals surface area contributed by atoms with E-state index in [1.807, 2.05) is 29.7 Å². The van der Waals surface area contributed by atoms with Crippen LogP contribution in [0.1, 0.15) is 42.2 Å². The fourth-order valence-electron chi connectivity index (χ4n) is 2.52. The molecule has 1 amide bonds. The molecule has 0 saturated heterocycles. The Kier molecular flexibility index (Phi) is 5.33. The van der Waals surface area contributed by atoms with Crippen LogP contribution in [0.5, 0.6) is 0 Å². The van der Waals surface area contributed by atoms with Gasteiger partial charge in [0.1, 0.15) is 11.3 Å². The van der Waals surface area contributed by atoms with Gasteiger partial charge in [-0.25, -0.2) is 4.98 Å². The van der Waals surface area contributed by atoms with Crippen molar-refractivity contribution < 1.29 is 9.90 Å². The predicted molar refractivity (Wildman–Crippen MR) is 82.4 cm³/mol. The summed E-state index contributed by atoms with van der Waals surface area (Å²) in [4.78, 5) is 16.6. The second-order valence-corrected chi connectivity index (χ2v) is 5.46. The Morgan fingerprint density at radius 1 is 1.43 bits per heavy atom. The van der Waals surface area contributed by atoms with E-state index < -0.39 is 0 Å². The number of aliphatic hydroxyl groups excluding tert-OH is 1. The van der Waals surface area contributed by atoms with Crippen molar-refractivity contribution in [2.45, 2.75) is 33.1 Å². The SMILES string of the molecule is CCCC(CCO)CNC(=O)c1cnc2ccc(C)cn12. The standard InChI is InChI=1S/C16H23N3O2/c1-3-4-13(7-8-20)9-18-16(21)14-10-17-15-6-5-12(2)11-19(14)15/h5-6,10-11,13,20H,3-4,7-9H2,1-2H3,(H,18,21). The molecule has 21 heavy (non-hydrogen) atoms. The summed E-state index contributed by atoms with van der Waals surface area (Å²) in [5, 5.41) is 12.0. The average molecular weight is 289 g/mol. The predicted octanol–water partition coefficient (Wildman–Crippen LogP) is 2.17. The zero-order valence-electron chi connectivity index (χ0n) is 12.7. The number of carbonyl (C=O) groups excluding carboxylic acids is 1. The van der Waals surface area contributed by atoms with Crippen LogP contribution in [-0.4, -0.2) is 33.6 Å². The van der Waals surface area contributed by atoms with E-state index in [4.69, 9.17) is 5.11 Å². The zero-order chi connectivity index (χ0) is 15.2. The van der Waals surface area contributed by atoms with E-state index in [0.717, 1.165) is 30.5 Å². The second-order valence-electron chi connectivity index (χ2n) is 5.46. The summed E-state index contributed by atoms with van der Waals surface area (Å²) in [6.07, 6.45) is 6.29. The van der Waals surface area contributed by atoms with Crippen molar-refractivity contribution in [3.05, 3.63) is 35.8 Å². The number of amides is 1. The van der Waals surface area contributed by atoms with Crippen molar-refractivity contribution in [1.82, 2.24) is 14.7 Å². The van der Waals surface area contributed by atoms with E-state index in [2.05, 4.69) is 17.2 Å². The quantitative estimate of drug-likeness (QED) is 0.821. The largest absolute Gasteiger partial charge is 0.396 e. The van der Waals surface area contributed by atoms with Crippen LogP contribution in [0.4, 0.5) is 0 Å². The highest BCUT2D eigenvalue weighted by Crippen LogP contribution is 2.11. The van der Waals surface area contributed by atoms with Crippen LogP contribution in [0.3, 0.4) is 0 Å². The summed E-state index contributed by atoms with van der Waals surface area (Å²) in [5.41, 5.74) is 2.40. The first-order valence-electron chi connectivity index (χ1n) is 7.48. The van der Waals surface area contributed by atoms with Crippen molar-refractivity contribution in [3.63, 3.8) is 0 Å². The average Bonchev–Trinajstić information content (AvgIpc) is 2.88. The third kappa shape index (κ3) is 3.82. The van der Waals surface area contributed by atoms with E-state index in [0.29, 0.717) is 18.2 Å². The molecule has 2 heterocycles. The van der Waals surface area contributed by atoms with Gasteiger partial charge in [0.2, 0.25) is 0 Å². The van der Waals surface area contributed by atoms with Crippen molar-refractivity contribution in [1.29, 1.82) is 0 Å². The molecule has 1 atom stereocenters. The zero-order valence-corrected chi connectivity index (χ0v) is 12.7. The van der Waals surface area contributed by atoms with Gasteiger partial charge in [-0.3, -0.25) is 9.20 Å². The van der Waals surface area contributed by atoms with Gasteiger partial charge in [0.05, 0.1) is 6.20 Å². The van der Waals surface area contributed by atoms with Crippen molar-refractivity contribution in [2.24, 2.45) is 5.92 Å². The minimum Gasteiger partial charge on any atom is -0.396 e. The highest BCUT2D eigenvalue weighted by atomic mass is 16.3. The number of aromatic nitrogens is 2. The van der Waals surface area contributed by atoms with Gasteiger partial charge in [-0.1, -0.05) is 19.4 Å². The Hall–Kier alpha value is -1.88. The minimum absolute atomic E-state index is 0.118. The lowest BCUT2D eigenvalue weighted by atomic mass is 10.0. The first kappa shape index (κ1) is 15.5. The van der Waals surface area contributed by atoms with E-state index >= 15 is 0 Å². The molecular weight excluding hydrogens is 266 g/mol. The summed E-state index contributed by atoms with van der Waals surface area (Å²) >= 11 is 0. The maximum absolute atomic E-state index is 12.3. The lowest BCUT2D eigenvalue weighted by Gasteiger charge is -2.15. The monoisotopic (exact) mass is 289 g/mol. The van der Waals surface area contributed by atoms with Crippen molar-refractivity contribution in [3.8, 4) is 0 Å². The molecule has 5 nitrogen and oxygen atoms in total. The molecule has 114 valence electrons. The van der Waals surface area contributed by atoms with E-state index in [-0.39, 0.29) is 12.5 Å². The van der Waals surface area contributed by atoms with E-state index in [9.17, 15) is 4.79 Å². The van der Waals surface area contributed by atoms with Gasteiger partial charge in [0.15, 0.2) is 0 Å². The summed E-state index contributed by atoms with van der Waals surface area (Å²) in [6.45, 7) is 4.85. The molecule has 0 aliphatic heterocycles. The summed E-state index contributed by atoms with van der Waals surface area (Å²) in [6, 6.07) is 3.88. The lowest BCUT2D eigenvalue weighted by Crippen LogP contribution is -2.30. The molecule has 0 radical (unpaired) electrons. The normalized spacial score (nSPS) is 12.5. The number of carbonyl (C=O) groups is 1. The van der Waals surface area contributed by atoms with Crippen LogP contribution >= 0.6 is 0 Å². The van der Waals surface area contributed by atoms with Crippen LogP contribution in [-0.2, 0) is 0 Å². The number of pyridine rings is 1. The molecule has 0 aliphatic carbocycles. The highest BCUT2D eigenvalue weighted by Gasteiger charge is 2.14. The molecule has 0 aliphatic rings. The number of nitrogens with one attached hydrogen (secondary N) is 1. The van der Waals surface area contributed by atoms with Gasteiger partial charge in [-0.05, 0) is 37.3 Å². The first-order valence-corrected chi connectivity index (χ1v) is 7.48.